The molecule has 0 saturated heterocycles. The second kappa shape index (κ2) is 3.98. The summed E-state index contributed by atoms with van der Waals surface area (Å²) >= 11 is 8.06. The molecule has 11 heavy (non-hydrogen) atoms. The summed E-state index contributed by atoms with van der Waals surface area (Å²) in [4.78, 5) is 0.853. The van der Waals surface area contributed by atoms with Crippen LogP contribution >= 0.6 is 43.2 Å². The van der Waals surface area contributed by atoms with Gasteiger partial charge in [-0.25, -0.2) is 4.39 Å². The average molecular weight is 303 g/mol. The van der Waals surface area contributed by atoms with Crippen LogP contribution < -0.4 is 5.73 Å². The first kappa shape index (κ1) is 9.64. The fourth-order valence-electron chi connectivity index (χ4n) is 0.622. The lowest BCUT2D eigenvalue weighted by molar-refractivity contribution is 0.440. The number of alkyl halides is 1. The van der Waals surface area contributed by atoms with Gasteiger partial charge in [0.15, 0.2) is 0 Å². The van der Waals surface area contributed by atoms with Crippen LogP contribution in [0.25, 0.3) is 0 Å². The van der Waals surface area contributed by atoms with E-state index in [1.807, 2.05) is 6.07 Å². The Morgan fingerprint density at radius 3 is 2.64 bits per heavy atom. The minimum Gasteiger partial charge on any atom is -0.321 e. The predicted octanol–water partition coefficient (Wildman–Crippen LogP) is 3.24. The van der Waals surface area contributed by atoms with Crippen LogP contribution in [0.3, 0.4) is 0 Å². The third-order valence-electron chi connectivity index (χ3n) is 1.20. The van der Waals surface area contributed by atoms with Gasteiger partial charge >= 0.3 is 0 Å². The first-order valence-corrected chi connectivity index (χ1v) is 5.31. The fourth-order valence-corrected chi connectivity index (χ4v) is 2.69. The van der Waals surface area contributed by atoms with Gasteiger partial charge in [0.05, 0.1) is 9.83 Å². The van der Waals surface area contributed by atoms with Gasteiger partial charge in [0, 0.05) is 9.35 Å². The van der Waals surface area contributed by atoms with Gasteiger partial charge in [-0.05, 0) is 37.9 Å². The smallest absolute Gasteiger partial charge is 0.109 e. The highest BCUT2D eigenvalue weighted by Gasteiger charge is 2.10. The molecule has 2 N–H and O–H groups in total. The zero-order valence-corrected chi connectivity index (χ0v) is 9.47. The Balaban J connectivity index is 2.88. The molecule has 1 atom stereocenters. The average Bonchev–Trinajstić information content (AvgIpc) is 2.31. The Bertz CT molecular complexity index is 231. The molecule has 0 saturated carbocycles. The topological polar surface area (TPSA) is 26.0 Å². The molecule has 0 radical (unpaired) electrons. The molecule has 0 aromatic carbocycles. The molecule has 1 nitrogen and oxygen atoms in total. The van der Waals surface area contributed by atoms with Crippen LogP contribution in [-0.2, 0) is 0 Å². The summed E-state index contributed by atoms with van der Waals surface area (Å²) in [6, 6.07) is 1.35. The normalized spacial score (nSPS) is 13.5. The molecule has 0 spiro atoms. The Labute approximate surface area is 85.0 Å². The molecule has 0 bridgehead atoms. The van der Waals surface area contributed by atoms with Gasteiger partial charge in [-0.15, -0.1) is 11.3 Å². The van der Waals surface area contributed by atoms with Crippen molar-refractivity contribution in [1.29, 1.82) is 0 Å². The molecule has 1 heterocycles. The summed E-state index contributed by atoms with van der Waals surface area (Å²) < 4.78 is 14.0. The van der Waals surface area contributed by atoms with Gasteiger partial charge in [-0.2, -0.15) is 0 Å². The van der Waals surface area contributed by atoms with Gasteiger partial charge in [0.2, 0.25) is 0 Å². The van der Waals surface area contributed by atoms with E-state index in [2.05, 4.69) is 31.9 Å². The van der Waals surface area contributed by atoms with E-state index in [0.29, 0.717) is 0 Å². The van der Waals surface area contributed by atoms with Crippen molar-refractivity contribution in [3.8, 4) is 0 Å². The molecular weight excluding hydrogens is 297 g/mol. The van der Waals surface area contributed by atoms with Crippen molar-refractivity contribution in [1.82, 2.24) is 0 Å². The van der Waals surface area contributed by atoms with Gasteiger partial charge in [0.25, 0.3) is 0 Å². The molecule has 0 aliphatic heterocycles. The van der Waals surface area contributed by atoms with E-state index in [4.69, 9.17) is 5.73 Å². The molecule has 1 aromatic rings. The van der Waals surface area contributed by atoms with E-state index >= 15 is 0 Å². The molecule has 0 amide bonds. The maximum absolute atomic E-state index is 12.1. The highest BCUT2D eigenvalue weighted by Crippen LogP contribution is 2.34. The highest BCUT2D eigenvalue weighted by atomic mass is 79.9. The zero-order valence-electron chi connectivity index (χ0n) is 5.48. The first-order valence-electron chi connectivity index (χ1n) is 2.91. The van der Waals surface area contributed by atoms with Crippen molar-refractivity contribution in [3.05, 3.63) is 19.2 Å². The van der Waals surface area contributed by atoms with Gasteiger partial charge in [-0.1, -0.05) is 0 Å². The first-order chi connectivity index (χ1) is 5.15. The maximum atomic E-state index is 12.1. The monoisotopic (exact) mass is 301 g/mol. The van der Waals surface area contributed by atoms with Crippen LogP contribution in [0.1, 0.15) is 10.9 Å². The standard InChI is InChI=1S/C6H6Br2FNS/c7-3-1-5(4(10)2-9)11-6(3)8/h1,4H,2,10H2/t4-/m0/s1. The Morgan fingerprint density at radius 1 is 1.64 bits per heavy atom. The molecule has 0 fully saturated rings. The third-order valence-corrected chi connectivity index (χ3v) is 4.58. The second-order valence-electron chi connectivity index (χ2n) is 2.03. The third kappa shape index (κ3) is 2.24. The van der Waals surface area contributed by atoms with E-state index < -0.39 is 12.7 Å². The number of hydrogen-bond donors (Lipinski definition) is 1. The van der Waals surface area contributed by atoms with Crippen molar-refractivity contribution in [2.45, 2.75) is 6.04 Å². The fraction of sp³-hybridized carbons (Fsp3) is 0.333. The Kier molecular flexibility index (Phi) is 3.49. The number of rotatable bonds is 2. The van der Waals surface area contributed by atoms with Crippen molar-refractivity contribution in [3.63, 3.8) is 0 Å². The summed E-state index contributed by atoms with van der Waals surface area (Å²) in [6.07, 6.45) is 0. The van der Waals surface area contributed by atoms with Crippen LogP contribution in [0, 0.1) is 0 Å². The quantitative estimate of drug-likeness (QED) is 0.892. The predicted molar refractivity (Wildman–Crippen MR) is 52.6 cm³/mol. The van der Waals surface area contributed by atoms with Crippen LogP contribution in [-0.4, -0.2) is 6.67 Å². The molecule has 5 heteroatoms. The van der Waals surface area contributed by atoms with Gasteiger partial charge in [0.1, 0.15) is 6.67 Å². The number of thiophene rings is 1. The maximum Gasteiger partial charge on any atom is 0.109 e. The SMILES string of the molecule is N[C@@H](CF)c1cc(Br)c(Br)s1. The molecule has 62 valence electrons. The van der Waals surface area contributed by atoms with Gasteiger partial charge < -0.3 is 5.73 Å². The van der Waals surface area contributed by atoms with Crippen molar-refractivity contribution < 1.29 is 4.39 Å². The second-order valence-corrected chi connectivity index (χ2v) is 5.29. The van der Waals surface area contributed by atoms with E-state index in [9.17, 15) is 4.39 Å². The van der Waals surface area contributed by atoms with Crippen molar-refractivity contribution >= 4 is 43.2 Å². The van der Waals surface area contributed by atoms with E-state index in [0.717, 1.165) is 13.1 Å². The Morgan fingerprint density at radius 2 is 2.27 bits per heavy atom. The molecule has 1 aromatic heterocycles. The van der Waals surface area contributed by atoms with Crippen LogP contribution in [0.15, 0.2) is 14.3 Å². The number of halogens is 3. The van der Waals surface area contributed by atoms with Crippen LogP contribution in [0.2, 0.25) is 0 Å². The molecule has 0 aliphatic carbocycles. The van der Waals surface area contributed by atoms with Crippen molar-refractivity contribution in [2.24, 2.45) is 5.73 Å². The minimum absolute atomic E-state index is 0.484. The zero-order chi connectivity index (χ0) is 8.43. The van der Waals surface area contributed by atoms with Gasteiger partial charge in [-0.3, -0.25) is 0 Å². The summed E-state index contributed by atoms with van der Waals surface area (Å²) in [7, 11) is 0. The van der Waals surface area contributed by atoms with Crippen molar-refractivity contribution in [2.75, 3.05) is 6.67 Å². The summed E-state index contributed by atoms with van der Waals surface area (Å²) in [5.74, 6) is 0. The summed E-state index contributed by atoms with van der Waals surface area (Å²) in [5, 5.41) is 0. The van der Waals surface area contributed by atoms with Crippen LogP contribution in [0.4, 0.5) is 4.39 Å². The lowest BCUT2D eigenvalue weighted by Gasteiger charge is -2.00. The Hall–Kier alpha value is 0.550. The summed E-state index contributed by atoms with van der Waals surface area (Å²) in [6.45, 7) is -0.514. The lowest BCUT2D eigenvalue weighted by Crippen LogP contribution is -2.09. The van der Waals surface area contributed by atoms with E-state index in [1.54, 1.807) is 0 Å². The molecule has 0 aliphatic rings. The van der Waals surface area contributed by atoms with E-state index in [1.165, 1.54) is 11.3 Å². The number of hydrogen-bond acceptors (Lipinski definition) is 2. The lowest BCUT2D eigenvalue weighted by atomic mass is 10.3. The molecular formula is C6H6Br2FNS. The van der Waals surface area contributed by atoms with E-state index in [-0.39, 0.29) is 0 Å². The summed E-state index contributed by atoms with van der Waals surface area (Å²) in [5.41, 5.74) is 5.47. The van der Waals surface area contributed by atoms with Crippen LogP contribution in [0.5, 0.6) is 0 Å². The number of nitrogens with two attached hydrogens (primary N) is 1. The molecule has 1 rings (SSSR count). The largest absolute Gasteiger partial charge is 0.321 e. The highest BCUT2D eigenvalue weighted by molar-refractivity contribution is 9.13. The molecule has 0 unspecified atom stereocenters. The minimum atomic E-state index is -0.514.